The molecule has 0 bridgehead atoms. The lowest BCUT2D eigenvalue weighted by Crippen LogP contribution is -2.14. The molecule has 0 saturated heterocycles. The Kier molecular flexibility index (Phi) is 5.82. The average Bonchev–Trinajstić information content (AvgIpc) is 3.11. The number of allylic oxidation sites excluding steroid dienone is 11. The van der Waals surface area contributed by atoms with Crippen LogP contribution in [0.4, 0.5) is 0 Å². The van der Waals surface area contributed by atoms with Crippen LogP contribution in [0.5, 0.6) is 0 Å². The first-order valence-corrected chi connectivity index (χ1v) is 9.62. The molecule has 0 radical (unpaired) electrons. The minimum atomic E-state index is 0.212. The van der Waals surface area contributed by atoms with Gasteiger partial charge in [-0.15, -0.1) is 0 Å². The highest BCUT2D eigenvalue weighted by atomic mass is 14.4. The van der Waals surface area contributed by atoms with E-state index < -0.39 is 0 Å². The lowest BCUT2D eigenvalue weighted by molar-refractivity contribution is 0.457. The van der Waals surface area contributed by atoms with Gasteiger partial charge in [0.15, 0.2) is 0 Å². The van der Waals surface area contributed by atoms with Gasteiger partial charge in [0.1, 0.15) is 0 Å². The van der Waals surface area contributed by atoms with Crippen molar-refractivity contribution in [3.63, 3.8) is 0 Å². The van der Waals surface area contributed by atoms with E-state index in [1.807, 2.05) is 0 Å². The molecule has 0 N–H and O–H groups in total. The molecule has 136 valence electrons. The summed E-state index contributed by atoms with van der Waals surface area (Å²) in [6, 6.07) is 0. The molecule has 0 heterocycles. The zero-order valence-electron chi connectivity index (χ0n) is 17.4. The maximum absolute atomic E-state index is 4.22. The molecule has 0 heteroatoms. The van der Waals surface area contributed by atoms with Crippen LogP contribution in [0.2, 0.25) is 0 Å². The van der Waals surface area contributed by atoms with E-state index >= 15 is 0 Å². The predicted molar refractivity (Wildman–Crippen MR) is 113 cm³/mol. The van der Waals surface area contributed by atoms with E-state index in [0.717, 1.165) is 19.3 Å². The van der Waals surface area contributed by atoms with Crippen LogP contribution >= 0.6 is 0 Å². The monoisotopic (exact) mass is 336 g/mol. The minimum absolute atomic E-state index is 0.212. The van der Waals surface area contributed by atoms with Crippen molar-refractivity contribution in [2.24, 2.45) is 16.7 Å². The number of rotatable bonds is 5. The van der Waals surface area contributed by atoms with Gasteiger partial charge in [-0.05, 0) is 48.2 Å². The summed E-state index contributed by atoms with van der Waals surface area (Å²) in [5, 5.41) is 0. The van der Waals surface area contributed by atoms with Gasteiger partial charge in [-0.3, -0.25) is 0 Å². The Hall–Kier alpha value is -1.56. The smallest absolute Gasteiger partial charge is 0.00259 e. The zero-order chi connectivity index (χ0) is 18.8. The van der Waals surface area contributed by atoms with Crippen LogP contribution in [0.15, 0.2) is 70.9 Å². The summed E-state index contributed by atoms with van der Waals surface area (Å²) in [6.45, 7) is 20.3. The summed E-state index contributed by atoms with van der Waals surface area (Å²) < 4.78 is 0. The largest absolute Gasteiger partial charge is 0.0958 e. The first-order valence-electron chi connectivity index (χ1n) is 9.62. The van der Waals surface area contributed by atoms with Gasteiger partial charge in [-0.25, -0.2) is 0 Å². The first-order chi connectivity index (χ1) is 11.5. The Morgan fingerprint density at radius 3 is 2.32 bits per heavy atom. The third-order valence-electron chi connectivity index (χ3n) is 5.26. The van der Waals surface area contributed by atoms with E-state index in [0.29, 0.717) is 5.92 Å². The van der Waals surface area contributed by atoms with Gasteiger partial charge in [0.05, 0.1) is 0 Å². The molecule has 2 aliphatic rings. The van der Waals surface area contributed by atoms with Gasteiger partial charge in [-0.1, -0.05) is 101 Å². The lowest BCUT2D eigenvalue weighted by atomic mass is 9.79. The molecule has 0 aromatic rings. The third-order valence-corrected chi connectivity index (χ3v) is 5.26. The summed E-state index contributed by atoms with van der Waals surface area (Å²) >= 11 is 0. The van der Waals surface area contributed by atoms with E-state index in [9.17, 15) is 0 Å². The molecule has 1 unspecified atom stereocenters. The van der Waals surface area contributed by atoms with Gasteiger partial charge < -0.3 is 0 Å². The van der Waals surface area contributed by atoms with Gasteiger partial charge in [-0.2, -0.15) is 0 Å². The maximum Gasteiger partial charge on any atom is 0.00259 e. The predicted octanol–water partition coefficient (Wildman–Crippen LogP) is 7.73. The number of hydrogen-bond acceptors (Lipinski definition) is 0. The van der Waals surface area contributed by atoms with Crippen molar-refractivity contribution in [3.8, 4) is 0 Å². The second-order valence-electron chi connectivity index (χ2n) is 9.71. The van der Waals surface area contributed by atoms with E-state index in [2.05, 4.69) is 91.5 Å². The molecule has 0 fully saturated rings. The van der Waals surface area contributed by atoms with Crippen LogP contribution in [0.25, 0.3) is 0 Å². The van der Waals surface area contributed by atoms with E-state index in [-0.39, 0.29) is 10.8 Å². The fourth-order valence-corrected chi connectivity index (χ4v) is 3.60. The Balaban J connectivity index is 2.21. The van der Waals surface area contributed by atoms with Crippen LogP contribution in [0, 0.1) is 16.7 Å². The summed E-state index contributed by atoms with van der Waals surface area (Å²) in [5.41, 5.74) is 7.58. The summed E-state index contributed by atoms with van der Waals surface area (Å²) in [6.07, 6.45) is 17.3. The maximum atomic E-state index is 4.22. The second-order valence-corrected chi connectivity index (χ2v) is 9.71. The molecule has 0 amide bonds. The van der Waals surface area contributed by atoms with E-state index in [1.54, 1.807) is 5.57 Å². The molecule has 0 aromatic heterocycles. The van der Waals surface area contributed by atoms with Crippen LogP contribution < -0.4 is 0 Å². The van der Waals surface area contributed by atoms with E-state index in [1.165, 1.54) is 22.3 Å². The minimum Gasteiger partial charge on any atom is -0.0958 e. The molecule has 25 heavy (non-hydrogen) atoms. The molecule has 0 aliphatic heterocycles. The molecule has 2 aliphatic carbocycles. The second kappa shape index (κ2) is 7.36. The Bertz CT molecular complexity index is 673. The van der Waals surface area contributed by atoms with Crippen molar-refractivity contribution in [2.75, 3.05) is 0 Å². The quantitative estimate of drug-likeness (QED) is 0.450. The summed E-state index contributed by atoms with van der Waals surface area (Å²) in [7, 11) is 0. The highest BCUT2D eigenvalue weighted by molar-refractivity contribution is 5.42. The Morgan fingerprint density at radius 2 is 1.84 bits per heavy atom. The van der Waals surface area contributed by atoms with Crippen LogP contribution in [-0.2, 0) is 0 Å². The molecule has 0 aromatic carbocycles. The Labute approximate surface area is 155 Å². The van der Waals surface area contributed by atoms with Crippen molar-refractivity contribution in [1.82, 2.24) is 0 Å². The fraction of sp³-hybridized carbons (Fsp3) is 0.520. The molecule has 1 atom stereocenters. The van der Waals surface area contributed by atoms with Crippen LogP contribution in [-0.4, -0.2) is 0 Å². The fourth-order valence-electron chi connectivity index (χ4n) is 3.60. The highest BCUT2D eigenvalue weighted by Crippen LogP contribution is 2.44. The first kappa shape index (κ1) is 19.8. The average molecular weight is 337 g/mol. The van der Waals surface area contributed by atoms with Crippen molar-refractivity contribution >= 4 is 0 Å². The molecule has 0 spiro atoms. The topological polar surface area (TPSA) is 0 Å². The van der Waals surface area contributed by atoms with Crippen molar-refractivity contribution in [2.45, 2.75) is 67.7 Å². The van der Waals surface area contributed by atoms with Gasteiger partial charge in [0.2, 0.25) is 0 Å². The molecule has 2 rings (SSSR count). The SMILES string of the molecule is C=C(C)/C(=C/CC1C=C(C(C)(C)C)C=C1C(C)(C)C)CC1=CC=CC1. The summed E-state index contributed by atoms with van der Waals surface area (Å²) in [5.74, 6) is 0.513. The van der Waals surface area contributed by atoms with Crippen molar-refractivity contribution in [1.29, 1.82) is 0 Å². The number of hydrogen-bond donors (Lipinski definition) is 0. The Morgan fingerprint density at radius 1 is 1.16 bits per heavy atom. The van der Waals surface area contributed by atoms with Gasteiger partial charge in [0.25, 0.3) is 0 Å². The zero-order valence-corrected chi connectivity index (χ0v) is 17.4. The lowest BCUT2D eigenvalue weighted by Gasteiger charge is -2.26. The third kappa shape index (κ3) is 5.21. The normalized spacial score (nSPS) is 21.3. The van der Waals surface area contributed by atoms with E-state index in [4.69, 9.17) is 0 Å². The molecular formula is C25H36. The van der Waals surface area contributed by atoms with Gasteiger partial charge in [0, 0.05) is 5.92 Å². The van der Waals surface area contributed by atoms with Crippen molar-refractivity contribution < 1.29 is 0 Å². The van der Waals surface area contributed by atoms with Crippen LogP contribution in [0.3, 0.4) is 0 Å². The van der Waals surface area contributed by atoms with Crippen LogP contribution in [0.1, 0.15) is 67.7 Å². The van der Waals surface area contributed by atoms with Crippen molar-refractivity contribution in [3.05, 3.63) is 70.9 Å². The molecule has 0 nitrogen and oxygen atoms in total. The standard InChI is InChI=1S/C25H36/c1-18(2)20(15-19-11-9-10-12-19)13-14-21-16-22(24(3,4)5)17-23(21)25(6,7)8/h9-11,13,16-17,21H,1,12,14-15H2,2-8H3/b20-13+. The van der Waals surface area contributed by atoms with Gasteiger partial charge >= 0.3 is 0 Å². The highest BCUT2D eigenvalue weighted by Gasteiger charge is 2.31. The molecule has 0 saturated carbocycles. The molecular weight excluding hydrogens is 300 g/mol. The summed E-state index contributed by atoms with van der Waals surface area (Å²) in [4.78, 5) is 0.